The van der Waals surface area contributed by atoms with Gasteiger partial charge in [-0.15, -0.1) is 0 Å². The van der Waals surface area contributed by atoms with Crippen molar-refractivity contribution in [1.29, 1.82) is 0 Å². The van der Waals surface area contributed by atoms with Crippen molar-refractivity contribution in [3.63, 3.8) is 0 Å². The first-order valence-electron chi connectivity index (χ1n) is 8.34. The number of nitrogens with zero attached hydrogens (tertiary/aromatic N) is 1. The molecule has 0 radical (unpaired) electrons. The maximum Gasteiger partial charge on any atom is 0.121 e. The Kier molecular flexibility index (Phi) is 10.9. The lowest BCUT2D eigenvalue weighted by Crippen LogP contribution is -2.49. The Morgan fingerprint density at radius 1 is 1.11 bits per heavy atom. The molecular weight excluding hydrogens is 262 g/mol. The van der Waals surface area contributed by atoms with Crippen molar-refractivity contribution >= 4 is 17.8 Å². The molecule has 114 valence electrons. The molecule has 0 amide bonds. The summed E-state index contributed by atoms with van der Waals surface area (Å²) in [5.74, 6) is 0. The van der Waals surface area contributed by atoms with Crippen LogP contribution in [-0.4, -0.2) is 35.4 Å². The average Bonchev–Trinajstić information content (AvgIpc) is 2.38. The second kappa shape index (κ2) is 10.9. The summed E-state index contributed by atoms with van der Waals surface area (Å²) in [5.41, 5.74) is 0. The molecule has 0 heterocycles. The van der Waals surface area contributed by atoms with E-state index in [2.05, 4.69) is 51.4 Å². The first kappa shape index (κ1) is 19.1. The molecule has 0 fully saturated rings. The van der Waals surface area contributed by atoms with E-state index in [0.29, 0.717) is 0 Å². The molecule has 3 heteroatoms. The van der Waals surface area contributed by atoms with Crippen LogP contribution in [0.2, 0.25) is 25.2 Å². The van der Waals surface area contributed by atoms with Crippen molar-refractivity contribution in [2.75, 3.05) is 13.1 Å². The van der Waals surface area contributed by atoms with Crippen molar-refractivity contribution < 1.29 is 0 Å². The minimum absolute atomic E-state index is 0.0547. The summed E-state index contributed by atoms with van der Waals surface area (Å²) < 4.78 is 2.89. The van der Waals surface area contributed by atoms with E-state index in [9.17, 15) is 0 Å². The van der Waals surface area contributed by atoms with Crippen LogP contribution < -0.4 is 0 Å². The molecule has 0 saturated heterocycles. The van der Waals surface area contributed by atoms with Crippen LogP contribution in [-0.2, 0) is 0 Å². The molecule has 0 aliphatic rings. The summed E-state index contributed by atoms with van der Waals surface area (Å²) in [4.78, 5) is 0. The lowest BCUT2D eigenvalue weighted by atomic mass is 10.3. The minimum atomic E-state index is -1.15. The van der Waals surface area contributed by atoms with E-state index in [0.717, 1.165) is 0 Å². The molecule has 1 nitrogen and oxygen atoms in total. The molecule has 0 saturated carbocycles. The third kappa shape index (κ3) is 8.82. The Labute approximate surface area is 125 Å². The Morgan fingerprint density at radius 3 is 2.05 bits per heavy atom. The Bertz CT molecular complexity index is 241. The van der Waals surface area contributed by atoms with E-state index in [1.54, 1.807) is 5.20 Å². The topological polar surface area (TPSA) is 3.24 Å². The third-order valence-corrected chi connectivity index (χ3v) is 10.6. The highest BCUT2D eigenvalue weighted by atomic mass is 28.3. The van der Waals surface area contributed by atoms with Crippen molar-refractivity contribution in [2.45, 2.75) is 78.6 Å². The van der Waals surface area contributed by atoms with Crippen molar-refractivity contribution in [3.8, 4) is 0 Å². The third-order valence-electron chi connectivity index (χ3n) is 4.27. The molecule has 0 aliphatic carbocycles. The van der Waals surface area contributed by atoms with Crippen LogP contribution in [0.15, 0.2) is 11.3 Å². The van der Waals surface area contributed by atoms with E-state index in [1.165, 1.54) is 50.9 Å². The first-order valence-corrected chi connectivity index (χ1v) is 13.2. The maximum atomic E-state index is 2.89. The highest BCUT2D eigenvalue weighted by molar-refractivity contribution is 6.75. The van der Waals surface area contributed by atoms with Gasteiger partial charge in [0.25, 0.3) is 0 Å². The lowest BCUT2D eigenvalue weighted by molar-refractivity contribution is 0.399. The average molecular weight is 300 g/mol. The van der Waals surface area contributed by atoms with E-state index in [4.69, 9.17) is 0 Å². The second-order valence-electron chi connectivity index (χ2n) is 6.50. The summed E-state index contributed by atoms with van der Waals surface area (Å²) in [6.45, 7) is 17.0. The van der Waals surface area contributed by atoms with Gasteiger partial charge in [0.05, 0.1) is 0 Å². The van der Waals surface area contributed by atoms with Gasteiger partial charge in [-0.05, 0) is 45.8 Å². The fourth-order valence-electron chi connectivity index (χ4n) is 2.52. The molecule has 0 spiro atoms. The number of allylic oxidation sites excluding steroid dienone is 2. The van der Waals surface area contributed by atoms with Gasteiger partial charge >= 0.3 is 0 Å². The van der Waals surface area contributed by atoms with Gasteiger partial charge in [0.15, 0.2) is 0 Å². The van der Waals surface area contributed by atoms with Gasteiger partial charge in [-0.3, -0.25) is 0 Å². The van der Waals surface area contributed by atoms with E-state index >= 15 is 0 Å². The van der Waals surface area contributed by atoms with E-state index in [1.807, 2.05) is 0 Å². The minimum Gasteiger partial charge on any atom is -0.324 e. The molecule has 0 bridgehead atoms. The van der Waals surface area contributed by atoms with Crippen LogP contribution >= 0.6 is 0 Å². The van der Waals surface area contributed by atoms with Crippen LogP contribution in [0.25, 0.3) is 0 Å². The van der Waals surface area contributed by atoms with Gasteiger partial charge in [0, 0.05) is 9.52 Å². The van der Waals surface area contributed by atoms with Gasteiger partial charge in [-0.25, -0.2) is 0 Å². The SMILES string of the molecule is CC=C(C)[SiH2]CC[Si](C)(C)N(CCCC)CCCC. The predicted octanol–water partition coefficient (Wildman–Crippen LogP) is 4.60. The van der Waals surface area contributed by atoms with Crippen LogP contribution in [0.3, 0.4) is 0 Å². The number of unbranched alkanes of at least 4 members (excludes halogenated alkanes) is 2. The van der Waals surface area contributed by atoms with Crippen LogP contribution in [0.4, 0.5) is 0 Å². The maximum absolute atomic E-state index is 2.89. The summed E-state index contributed by atoms with van der Waals surface area (Å²) in [6.07, 6.45) is 7.75. The summed E-state index contributed by atoms with van der Waals surface area (Å²) in [6, 6.07) is 3.03. The smallest absolute Gasteiger partial charge is 0.121 e. The predicted molar refractivity (Wildman–Crippen MR) is 96.5 cm³/mol. The highest BCUT2D eigenvalue weighted by Gasteiger charge is 2.27. The molecule has 0 aromatic carbocycles. The lowest BCUT2D eigenvalue weighted by Gasteiger charge is -2.37. The zero-order valence-corrected chi connectivity index (χ0v) is 16.8. The molecule has 0 aromatic heterocycles. The van der Waals surface area contributed by atoms with Gasteiger partial charge in [0.2, 0.25) is 0 Å². The molecule has 0 atom stereocenters. The summed E-state index contributed by atoms with van der Waals surface area (Å²) >= 11 is 0. The van der Waals surface area contributed by atoms with Crippen LogP contribution in [0, 0.1) is 0 Å². The molecule has 0 aromatic rings. The van der Waals surface area contributed by atoms with Crippen molar-refractivity contribution in [2.24, 2.45) is 0 Å². The quantitative estimate of drug-likeness (QED) is 0.504. The standard InChI is InChI=1S/C16H37NSi2/c1-7-10-12-17(13-11-8-2)19(5,6)15-14-18-16(4)9-3/h9H,7-8,10-15,18H2,1-6H3. The van der Waals surface area contributed by atoms with Gasteiger partial charge in [-0.1, -0.05) is 57.1 Å². The summed E-state index contributed by atoms with van der Waals surface area (Å²) in [7, 11) is -1.09. The zero-order chi connectivity index (χ0) is 14.7. The Hall–Kier alpha value is 0.134. The Morgan fingerprint density at radius 2 is 1.63 bits per heavy atom. The molecule has 0 N–H and O–H groups in total. The number of rotatable bonds is 11. The monoisotopic (exact) mass is 299 g/mol. The summed E-state index contributed by atoms with van der Waals surface area (Å²) in [5, 5.41) is 1.69. The molecular formula is C16H37NSi2. The molecule has 0 unspecified atom stereocenters. The van der Waals surface area contributed by atoms with Crippen LogP contribution in [0.5, 0.6) is 0 Å². The van der Waals surface area contributed by atoms with Crippen molar-refractivity contribution in [1.82, 2.24) is 4.57 Å². The van der Waals surface area contributed by atoms with Crippen molar-refractivity contribution in [3.05, 3.63) is 11.3 Å². The fourth-order valence-corrected chi connectivity index (χ4v) is 9.37. The first-order chi connectivity index (χ1) is 8.97. The van der Waals surface area contributed by atoms with E-state index in [-0.39, 0.29) is 9.52 Å². The zero-order valence-electron chi connectivity index (χ0n) is 14.4. The van der Waals surface area contributed by atoms with Crippen LogP contribution in [0.1, 0.15) is 53.4 Å². The number of hydrogen-bond acceptors (Lipinski definition) is 1. The largest absolute Gasteiger partial charge is 0.324 e. The molecule has 0 rings (SSSR count). The molecule has 19 heavy (non-hydrogen) atoms. The Balaban J connectivity index is 4.31. The normalized spacial score (nSPS) is 13.9. The second-order valence-corrected chi connectivity index (χ2v) is 13.6. The van der Waals surface area contributed by atoms with Gasteiger partial charge in [-0.2, -0.15) is 0 Å². The van der Waals surface area contributed by atoms with Gasteiger partial charge < -0.3 is 4.57 Å². The molecule has 0 aliphatic heterocycles. The van der Waals surface area contributed by atoms with Gasteiger partial charge in [0.1, 0.15) is 8.24 Å². The highest BCUT2D eigenvalue weighted by Crippen LogP contribution is 2.20. The fraction of sp³-hybridized carbons (Fsp3) is 0.875. The number of hydrogen-bond donors (Lipinski definition) is 0. The van der Waals surface area contributed by atoms with E-state index < -0.39 is 8.24 Å².